The molecule has 2 aromatic rings. The Kier molecular flexibility index (Phi) is 7.58. The van der Waals surface area contributed by atoms with E-state index in [9.17, 15) is 0 Å². The summed E-state index contributed by atoms with van der Waals surface area (Å²) in [6, 6.07) is 0. The van der Waals surface area contributed by atoms with Crippen molar-refractivity contribution in [2.45, 2.75) is 53.1 Å². The second-order valence-electron chi connectivity index (χ2n) is 6.29. The van der Waals surface area contributed by atoms with Crippen LogP contribution >= 0.6 is 35.3 Å². The monoisotopic (exact) mass is 464 g/mol. The van der Waals surface area contributed by atoms with Crippen LogP contribution in [0.5, 0.6) is 0 Å². The number of nitrogens with zero attached hydrogens (tertiary/aromatic N) is 4. The lowest BCUT2D eigenvalue weighted by atomic mass is 9.97. The third kappa shape index (κ3) is 5.69. The molecule has 0 unspecified atom stereocenters. The minimum atomic E-state index is -0.146. The van der Waals surface area contributed by atoms with Crippen LogP contribution in [0.2, 0.25) is 0 Å². The maximum absolute atomic E-state index is 5.27. The molecule has 24 heavy (non-hydrogen) atoms. The molecule has 2 aromatic heterocycles. The maximum atomic E-state index is 5.27. The summed E-state index contributed by atoms with van der Waals surface area (Å²) in [5, 5.41) is 11.5. The SMILES string of the molecule is CN=C(NCc1noc(C(C)(C)C)n1)NCc1sc(C)nc1C.I. The van der Waals surface area contributed by atoms with Crippen LogP contribution < -0.4 is 10.6 Å². The fourth-order valence-corrected chi connectivity index (χ4v) is 2.79. The van der Waals surface area contributed by atoms with Crippen LogP contribution in [0.25, 0.3) is 0 Å². The molecule has 0 saturated carbocycles. The molecule has 0 aliphatic carbocycles. The number of aryl methyl sites for hydroxylation is 2. The molecule has 0 spiro atoms. The second kappa shape index (κ2) is 8.75. The quantitative estimate of drug-likeness (QED) is 0.411. The Balaban J connectivity index is 0.00000288. The summed E-state index contributed by atoms with van der Waals surface area (Å²) in [5.74, 6) is 1.94. The third-order valence-electron chi connectivity index (χ3n) is 3.16. The van der Waals surface area contributed by atoms with E-state index in [0.717, 1.165) is 10.7 Å². The van der Waals surface area contributed by atoms with Crippen molar-refractivity contribution in [2.75, 3.05) is 7.05 Å². The molecular weight excluding hydrogens is 439 g/mol. The zero-order valence-electron chi connectivity index (χ0n) is 14.9. The Morgan fingerprint density at radius 2 is 1.83 bits per heavy atom. The Morgan fingerprint density at radius 1 is 1.17 bits per heavy atom. The van der Waals surface area contributed by atoms with E-state index in [1.807, 2.05) is 34.6 Å². The van der Waals surface area contributed by atoms with Crippen molar-refractivity contribution in [3.8, 4) is 0 Å². The van der Waals surface area contributed by atoms with E-state index in [1.165, 1.54) is 4.88 Å². The van der Waals surface area contributed by atoms with E-state index in [4.69, 9.17) is 4.52 Å². The molecule has 0 saturated heterocycles. The minimum Gasteiger partial charge on any atom is -0.351 e. The van der Waals surface area contributed by atoms with Gasteiger partial charge in [-0.05, 0) is 13.8 Å². The van der Waals surface area contributed by atoms with Crippen LogP contribution in [0, 0.1) is 13.8 Å². The highest BCUT2D eigenvalue weighted by molar-refractivity contribution is 14.0. The van der Waals surface area contributed by atoms with Gasteiger partial charge >= 0.3 is 0 Å². The average Bonchev–Trinajstić information content (AvgIpc) is 3.05. The Bertz CT molecular complexity index is 688. The molecule has 9 heteroatoms. The number of aromatic nitrogens is 3. The number of rotatable bonds is 4. The highest BCUT2D eigenvalue weighted by Gasteiger charge is 2.21. The first-order valence-electron chi connectivity index (χ1n) is 7.50. The van der Waals surface area contributed by atoms with Gasteiger partial charge in [-0.3, -0.25) is 4.99 Å². The van der Waals surface area contributed by atoms with Gasteiger partial charge in [0.05, 0.1) is 23.8 Å². The average molecular weight is 464 g/mol. The molecule has 0 aliphatic heterocycles. The number of nitrogens with one attached hydrogen (secondary N) is 2. The van der Waals surface area contributed by atoms with E-state index < -0.39 is 0 Å². The first kappa shape index (κ1) is 20.8. The van der Waals surface area contributed by atoms with Crippen LogP contribution in [0.15, 0.2) is 9.52 Å². The standard InChI is InChI=1S/C15H24N6OS.HI/c1-9-11(23-10(2)19-9)7-17-14(16-6)18-8-12-20-13(22-21-12)15(3,4)5;/h7-8H2,1-6H3,(H2,16,17,18);1H. The first-order valence-corrected chi connectivity index (χ1v) is 8.31. The zero-order valence-corrected chi connectivity index (χ0v) is 18.1. The van der Waals surface area contributed by atoms with E-state index in [-0.39, 0.29) is 29.4 Å². The summed E-state index contributed by atoms with van der Waals surface area (Å²) in [5.41, 5.74) is 0.913. The molecule has 134 valence electrons. The number of hydrogen-bond donors (Lipinski definition) is 2. The van der Waals surface area contributed by atoms with Gasteiger partial charge in [-0.1, -0.05) is 25.9 Å². The number of guanidine groups is 1. The lowest BCUT2D eigenvalue weighted by Crippen LogP contribution is -2.36. The summed E-state index contributed by atoms with van der Waals surface area (Å²) in [4.78, 5) is 14.2. The van der Waals surface area contributed by atoms with Crippen molar-refractivity contribution < 1.29 is 4.52 Å². The molecule has 2 N–H and O–H groups in total. The molecule has 0 aliphatic rings. The van der Waals surface area contributed by atoms with Crippen molar-refractivity contribution >= 4 is 41.3 Å². The van der Waals surface area contributed by atoms with Crippen molar-refractivity contribution in [1.82, 2.24) is 25.8 Å². The molecule has 0 radical (unpaired) electrons. The molecule has 0 aromatic carbocycles. The van der Waals surface area contributed by atoms with Gasteiger partial charge in [0.15, 0.2) is 11.8 Å². The summed E-state index contributed by atoms with van der Waals surface area (Å²) < 4.78 is 5.27. The first-order chi connectivity index (χ1) is 10.8. The van der Waals surface area contributed by atoms with E-state index >= 15 is 0 Å². The van der Waals surface area contributed by atoms with E-state index in [2.05, 4.69) is 30.8 Å². The molecular formula is C15H25IN6OS. The van der Waals surface area contributed by atoms with Crippen LogP contribution in [0.1, 0.15) is 48.1 Å². The summed E-state index contributed by atoms with van der Waals surface area (Å²) in [6.07, 6.45) is 0. The normalized spacial score (nSPS) is 12.0. The lowest BCUT2D eigenvalue weighted by Gasteiger charge is -2.11. The van der Waals surface area contributed by atoms with E-state index in [0.29, 0.717) is 30.8 Å². The van der Waals surface area contributed by atoms with Gasteiger partial charge in [-0.25, -0.2) is 4.98 Å². The summed E-state index contributed by atoms with van der Waals surface area (Å²) in [7, 11) is 1.73. The van der Waals surface area contributed by atoms with Gasteiger partial charge < -0.3 is 15.2 Å². The van der Waals surface area contributed by atoms with Crippen LogP contribution in [0.3, 0.4) is 0 Å². The topological polar surface area (TPSA) is 88.2 Å². The maximum Gasteiger partial charge on any atom is 0.232 e. The highest BCUT2D eigenvalue weighted by Crippen LogP contribution is 2.19. The lowest BCUT2D eigenvalue weighted by molar-refractivity contribution is 0.318. The van der Waals surface area contributed by atoms with Gasteiger partial charge in [0.2, 0.25) is 5.89 Å². The van der Waals surface area contributed by atoms with Crippen molar-refractivity contribution in [2.24, 2.45) is 4.99 Å². The molecule has 0 amide bonds. The number of thiazole rings is 1. The van der Waals surface area contributed by atoms with Crippen molar-refractivity contribution in [3.05, 3.63) is 27.3 Å². The molecule has 2 heterocycles. The van der Waals surface area contributed by atoms with Gasteiger partial charge in [0.1, 0.15) is 0 Å². The molecule has 0 bridgehead atoms. The van der Waals surface area contributed by atoms with Crippen molar-refractivity contribution in [1.29, 1.82) is 0 Å². The second-order valence-corrected chi connectivity index (χ2v) is 7.57. The highest BCUT2D eigenvalue weighted by atomic mass is 127. The van der Waals surface area contributed by atoms with Gasteiger partial charge in [-0.2, -0.15) is 4.98 Å². The number of hydrogen-bond acceptors (Lipinski definition) is 6. The number of halogens is 1. The molecule has 7 nitrogen and oxygen atoms in total. The smallest absolute Gasteiger partial charge is 0.232 e. The van der Waals surface area contributed by atoms with Crippen LogP contribution in [-0.2, 0) is 18.5 Å². The van der Waals surface area contributed by atoms with Crippen molar-refractivity contribution in [3.63, 3.8) is 0 Å². The third-order valence-corrected chi connectivity index (χ3v) is 4.24. The Hall–Kier alpha value is -1.23. The predicted octanol–water partition coefficient (Wildman–Crippen LogP) is 2.92. The van der Waals surface area contributed by atoms with E-state index in [1.54, 1.807) is 18.4 Å². The van der Waals surface area contributed by atoms with Crippen LogP contribution in [-0.4, -0.2) is 28.1 Å². The Morgan fingerprint density at radius 3 is 2.33 bits per heavy atom. The predicted molar refractivity (Wildman–Crippen MR) is 107 cm³/mol. The van der Waals surface area contributed by atoms with Gasteiger partial charge in [0, 0.05) is 17.3 Å². The Labute approximate surface area is 163 Å². The fourth-order valence-electron chi connectivity index (χ4n) is 1.92. The largest absolute Gasteiger partial charge is 0.351 e. The molecule has 0 fully saturated rings. The summed E-state index contributed by atoms with van der Waals surface area (Å²) >= 11 is 1.69. The molecule has 0 atom stereocenters. The minimum absolute atomic E-state index is 0. The van der Waals surface area contributed by atoms with Gasteiger partial charge in [-0.15, -0.1) is 35.3 Å². The fraction of sp³-hybridized carbons (Fsp3) is 0.600. The van der Waals surface area contributed by atoms with Crippen LogP contribution in [0.4, 0.5) is 0 Å². The molecule has 2 rings (SSSR count). The van der Waals surface area contributed by atoms with Gasteiger partial charge in [0.25, 0.3) is 0 Å². The number of aliphatic imine (C=N–C) groups is 1. The zero-order chi connectivity index (χ0) is 17.0. The summed E-state index contributed by atoms with van der Waals surface area (Å²) in [6.45, 7) is 11.3.